The molecule has 0 unspecified atom stereocenters. The van der Waals surface area contributed by atoms with Gasteiger partial charge in [-0.25, -0.2) is 4.79 Å². The minimum absolute atomic E-state index is 0.310. The molecule has 0 bridgehead atoms. The average molecular weight is 268 g/mol. The van der Waals surface area contributed by atoms with E-state index in [0.29, 0.717) is 23.7 Å². The molecule has 0 atom stereocenters. The molecule has 18 heavy (non-hydrogen) atoms. The molecule has 100 valence electrons. The monoisotopic (exact) mass is 268 g/mol. The van der Waals surface area contributed by atoms with Crippen LogP contribution in [0.25, 0.3) is 0 Å². The SMILES string of the molecule is CCOc1ccc(C(=O)O[Si](C)(C)C)cc1OC. The van der Waals surface area contributed by atoms with Crippen LogP contribution in [0.5, 0.6) is 11.5 Å². The van der Waals surface area contributed by atoms with Crippen LogP contribution in [0.2, 0.25) is 19.6 Å². The Morgan fingerprint density at radius 2 is 1.89 bits per heavy atom. The zero-order chi connectivity index (χ0) is 13.8. The average Bonchev–Trinajstić information content (AvgIpc) is 2.27. The van der Waals surface area contributed by atoms with Crippen LogP contribution >= 0.6 is 0 Å². The van der Waals surface area contributed by atoms with Crippen molar-refractivity contribution in [3.05, 3.63) is 23.8 Å². The van der Waals surface area contributed by atoms with E-state index in [0.717, 1.165) is 0 Å². The highest BCUT2D eigenvalue weighted by atomic mass is 28.4. The summed E-state index contributed by atoms with van der Waals surface area (Å²) in [6.45, 7) is 8.35. The van der Waals surface area contributed by atoms with Crippen LogP contribution in [0.3, 0.4) is 0 Å². The van der Waals surface area contributed by atoms with Gasteiger partial charge in [0.25, 0.3) is 0 Å². The third-order valence-electron chi connectivity index (χ3n) is 2.10. The van der Waals surface area contributed by atoms with E-state index in [-0.39, 0.29) is 5.97 Å². The second-order valence-corrected chi connectivity index (χ2v) is 9.23. The lowest BCUT2D eigenvalue weighted by atomic mass is 10.2. The second kappa shape index (κ2) is 5.91. The summed E-state index contributed by atoms with van der Waals surface area (Å²) in [5.74, 6) is 0.863. The number of hydrogen-bond donors (Lipinski definition) is 0. The lowest BCUT2D eigenvalue weighted by Crippen LogP contribution is -2.29. The van der Waals surface area contributed by atoms with Crippen LogP contribution in [0.1, 0.15) is 17.3 Å². The molecule has 0 fully saturated rings. The third kappa shape index (κ3) is 4.07. The van der Waals surface area contributed by atoms with E-state index in [2.05, 4.69) is 0 Å². The van der Waals surface area contributed by atoms with Gasteiger partial charge in [-0.15, -0.1) is 0 Å². The van der Waals surface area contributed by atoms with Crippen molar-refractivity contribution < 1.29 is 18.7 Å². The van der Waals surface area contributed by atoms with Crippen molar-refractivity contribution in [2.45, 2.75) is 26.6 Å². The van der Waals surface area contributed by atoms with Crippen molar-refractivity contribution in [2.75, 3.05) is 13.7 Å². The van der Waals surface area contributed by atoms with Crippen LogP contribution in [0, 0.1) is 0 Å². The van der Waals surface area contributed by atoms with Crippen LogP contribution in [0.15, 0.2) is 18.2 Å². The molecule has 0 radical (unpaired) electrons. The lowest BCUT2D eigenvalue weighted by Gasteiger charge is -2.18. The fourth-order valence-electron chi connectivity index (χ4n) is 1.41. The molecule has 0 heterocycles. The summed E-state index contributed by atoms with van der Waals surface area (Å²) in [6, 6.07) is 5.06. The van der Waals surface area contributed by atoms with E-state index in [1.54, 1.807) is 25.3 Å². The van der Waals surface area contributed by atoms with Gasteiger partial charge in [0.1, 0.15) is 0 Å². The molecule has 0 aliphatic rings. The predicted octanol–water partition coefficient (Wildman–Crippen LogP) is 3.09. The molecular formula is C13H20O4Si. The molecule has 0 saturated heterocycles. The molecule has 0 aromatic heterocycles. The van der Waals surface area contributed by atoms with Crippen LogP contribution in [-0.2, 0) is 4.43 Å². The number of ether oxygens (including phenoxy) is 2. The minimum atomic E-state index is -1.88. The topological polar surface area (TPSA) is 44.8 Å². The van der Waals surface area contributed by atoms with Crippen molar-refractivity contribution in [2.24, 2.45) is 0 Å². The fourth-order valence-corrected chi connectivity index (χ4v) is 2.08. The zero-order valence-corrected chi connectivity index (χ0v) is 12.6. The largest absolute Gasteiger partial charge is 0.516 e. The zero-order valence-electron chi connectivity index (χ0n) is 11.6. The van der Waals surface area contributed by atoms with Crippen molar-refractivity contribution in [3.63, 3.8) is 0 Å². The molecule has 0 N–H and O–H groups in total. The van der Waals surface area contributed by atoms with Gasteiger partial charge in [0.05, 0.1) is 19.3 Å². The Hall–Kier alpha value is -1.49. The summed E-state index contributed by atoms with van der Waals surface area (Å²) < 4.78 is 16.0. The van der Waals surface area contributed by atoms with Gasteiger partial charge in [0.15, 0.2) is 11.5 Å². The summed E-state index contributed by atoms with van der Waals surface area (Å²) in [5, 5.41) is 0. The highest BCUT2D eigenvalue weighted by Gasteiger charge is 2.21. The predicted molar refractivity (Wildman–Crippen MR) is 72.9 cm³/mol. The minimum Gasteiger partial charge on any atom is -0.516 e. The Bertz CT molecular complexity index is 423. The van der Waals surface area contributed by atoms with Gasteiger partial charge in [0, 0.05) is 0 Å². The fraction of sp³-hybridized carbons (Fsp3) is 0.462. The lowest BCUT2D eigenvalue weighted by molar-refractivity contribution is 0.0724. The molecule has 0 amide bonds. The van der Waals surface area contributed by atoms with E-state index in [4.69, 9.17) is 13.9 Å². The highest BCUT2D eigenvalue weighted by Crippen LogP contribution is 2.28. The van der Waals surface area contributed by atoms with E-state index in [1.165, 1.54) is 0 Å². The molecule has 1 rings (SSSR count). The van der Waals surface area contributed by atoms with Crippen molar-refractivity contribution in [1.82, 2.24) is 0 Å². The molecule has 0 aliphatic carbocycles. The van der Waals surface area contributed by atoms with Crippen LogP contribution in [-0.4, -0.2) is 28.0 Å². The first-order valence-corrected chi connectivity index (χ1v) is 9.32. The Labute approximate surface area is 109 Å². The van der Waals surface area contributed by atoms with Crippen molar-refractivity contribution >= 4 is 14.3 Å². The number of carbonyl (C=O) groups excluding carboxylic acids is 1. The second-order valence-electron chi connectivity index (χ2n) is 4.80. The smallest absolute Gasteiger partial charge is 0.324 e. The molecule has 0 spiro atoms. The third-order valence-corrected chi connectivity index (χ3v) is 2.90. The maximum absolute atomic E-state index is 11.9. The molecule has 1 aromatic carbocycles. The Morgan fingerprint density at radius 1 is 1.22 bits per heavy atom. The maximum Gasteiger partial charge on any atom is 0.324 e. The number of rotatable bonds is 5. The van der Waals surface area contributed by atoms with Crippen LogP contribution < -0.4 is 9.47 Å². The Morgan fingerprint density at radius 3 is 2.39 bits per heavy atom. The van der Waals surface area contributed by atoms with Gasteiger partial charge in [-0.2, -0.15) is 0 Å². The Balaban J connectivity index is 2.94. The molecule has 5 heteroatoms. The van der Waals surface area contributed by atoms with Crippen LogP contribution in [0.4, 0.5) is 0 Å². The van der Waals surface area contributed by atoms with Gasteiger partial charge in [-0.05, 0) is 44.8 Å². The van der Waals surface area contributed by atoms with Gasteiger partial charge in [0.2, 0.25) is 8.32 Å². The molecular weight excluding hydrogens is 248 g/mol. The summed E-state index contributed by atoms with van der Waals surface area (Å²) >= 11 is 0. The molecule has 0 aliphatic heterocycles. The first kappa shape index (κ1) is 14.6. The number of methoxy groups -OCH3 is 1. The van der Waals surface area contributed by atoms with Gasteiger partial charge in [-0.3, -0.25) is 0 Å². The standard InChI is InChI=1S/C13H20O4Si/c1-6-16-11-8-7-10(9-12(11)15-2)13(14)17-18(3,4)5/h7-9H,6H2,1-5H3. The summed E-state index contributed by atoms with van der Waals surface area (Å²) in [4.78, 5) is 11.9. The molecule has 1 aromatic rings. The summed E-state index contributed by atoms with van der Waals surface area (Å²) in [7, 11) is -0.334. The normalized spacial score (nSPS) is 10.9. The van der Waals surface area contributed by atoms with Crippen molar-refractivity contribution in [3.8, 4) is 11.5 Å². The van der Waals surface area contributed by atoms with E-state index in [9.17, 15) is 4.79 Å². The highest BCUT2D eigenvalue weighted by molar-refractivity contribution is 6.71. The van der Waals surface area contributed by atoms with E-state index < -0.39 is 8.32 Å². The molecule has 4 nitrogen and oxygen atoms in total. The number of benzene rings is 1. The summed E-state index contributed by atoms with van der Waals surface area (Å²) in [6.07, 6.45) is 0. The number of carbonyl (C=O) groups is 1. The van der Waals surface area contributed by atoms with Gasteiger partial charge < -0.3 is 13.9 Å². The van der Waals surface area contributed by atoms with Gasteiger partial charge in [-0.1, -0.05) is 0 Å². The number of hydrogen-bond acceptors (Lipinski definition) is 4. The molecule has 0 saturated carbocycles. The Kier molecular flexibility index (Phi) is 4.78. The summed E-state index contributed by atoms with van der Waals surface area (Å²) in [5.41, 5.74) is 0.484. The first-order chi connectivity index (χ1) is 8.37. The van der Waals surface area contributed by atoms with Gasteiger partial charge >= 0.3 is 5.97 Å². The maximum atomic E-state index is 11.9. The van der Waals surface area contributed by atoms with E-state index in [1.807, 2.05) is 26.6 Å². The quantitative estimate of drug-likeness (QED) is 0.770. The van der Waals surface area contributed by atoms with E-state index >= 15 is 0 Å². The van der Waals surface area contributed by atoms with Crippen molar-refractivity contribution in [1.29, 1.82) is 0 Å². The first-order valence-electron chi connectivity index (χ1n) is 5.91.